The highest BCUT2D eigenvalue weighted by atomic mass is 19.1. The van der Waals surface area contributed by atoms with Crippen LogP contribution in [0, 0.1) is 23.0 Å². The summed E-state index contributed by atoms with van der Waals surface area (Å²) in [7, 11) is 0. The molecule has 130 valence electrons. The lowest BCUT2D eigenvalue weighted by Gasteiger charge is -2.29. The highest BCUT2D eigenvalue weighted by Crippen LogP contribution is 2.34. The molecule has 3 atom stereocenters. The fraction of sp³-hybridized carbons (Fsp3) is 0.529. The van der Waals surface area contributed by atoms with E-state index in [4.69, 9.17) is 10.00 Å². The van der Waals surface area contributed by atoms with Crippen molar-refractivity contribution < 1.29 is 23.4 Å². The van der Waals surface area contributed by atoms with Crippen LogP contribution in [0.4, 0.5) is 13.6 Å². The van der Waals surface area contributed by atoms with Crippen LogP contribution < -0.4 is 0 Å². The maximum Gasteiger partial charge on any atom is 0.410 e. The van der Waals surface area contributed by atoms with Crippen molar-refractivity contribution in [2.45, 2.75) is 50.9 Å². The molecule has 1 aliphatic heterocycles. The molecule has 3 unspecified atom stereocenters. The quantitative estimate of drug-likeness (QED) is 0.842. The average molecular weight is 338 g/mol. The van der Waals surface area contributed by atoms with Gasteiger partial charge >= 0.3 is 6.09 Å². The predicted octanol–water partition coefficient (Wildman–Crippen LogP) is 2.94. The van der Waals surface area contributed by atoms with Crippen molar-refractivity contribution >= 4 is 6.09 Å². The van der Waals surface area contributed by atoms with E-state index >= 15 is 0 Å². The molecule has 0 bridgehead atoms. The van der Waals surface area contributed by atoms with Gasteiger partial charge in [0, 0.05) is 18.5 Å². The van der Waals surface area contributed by atoms with E-state index in [2.05, 4.69) is 0 Å². The molecule has 1 amide bonds. The largest absolute Gasteiger partial charge is 0.444 e. The summed E-state index contributed by atoms with van der Waals surface area (Å²) in [6.07, 6.45) is -1.85. The number of rotatable bonds is 2. The summed E-state index contributed by atoms with van der Waals surface area (Å²) in [5.41, 5.74) is -0.351. The molecule has 1 heterocycles. The second-order valence-corrected chi connectivity index (χ2v) is 6.91. The Bertz CT molecular complexity index is 647. The first-order valence-electron chi connectivity index (χ1n) is 7.64. The van der Waals surface area contributed by atoms with Gasteiger partial charge in [0.2, 0.25) is 0 Å². The molecule has 24 heavy (non-hydrogen) atoms. The Balaban J connectivity index is 2.26. The average Bonchev–Trinajstić information content (AvgIpc) is 2.89. The molecule has 1 N–H and O–H groups in total. The first kappa shape index (κ1) is 18.1. The summed E-state index contributed by atoms with van der Waals surface area (Å²) in [6, 6.07) is 4.08. The molecule has 1 aromatic rings. The number of nitriles is 1. The van der Waals surface area contributed by atoms with Crippen molar-refractivity contribution in [2.24, 2.45) is 0 Å². The number of halogens is 2. The van der Waals surface area contributed by atoms with Crippen LogP contribution in [0.25, 0.3) is 0 Å². The van der Waals surface area contributed by atoms with Gasteiger partial charge in [-0.1, -0.05) is 0 Å². The van der Waals surface area contributed by atoms with Gasteiger partial charge < -0.3 is 14.7 Å². The van der Waals surface area contributed by atoms with Crippen LogP contribution >= 0.6 is 0 Å². The van der Waals surface area contributed by atoms with Gasteiger partial charge in [0.15, 0.2) is 6.10 Å². The Morgan fingerprint density at radius 1 is 1.38 bits per heavy atom. The molecule has 7 heteroatoms. The highest BCUT2D eigenvalue weighted by molar-refractivity contribution is 5.69. The van der Waals surface area contributed by atoms with Crippen molar-refractivity contribution in [1.82, 2.24) is 4.90 Å². The zero-order chi connectivity index (χ0) is 18.1. The Morgan fingerprint density at radius 2 is 1.96 bits per heavy atom. The number of aliphatic hydroxyl groups is 1. The Morgan fingerprint density at radius 3 is 2.46 bits per heavy atom. The van der Waals surface area contributed by atoms with Crippen molar-refractivity contribution in [2.75, 3.05) is 6.54 Å². The van der Waals surface area contributed by atoms with E-state index in [0.717, 1.165) is 6.07 Å². The van der Waals surface area contributed by atoms with Gasteiger partial charge in [-0.3, -0.25) is 0 Å². The highest BCUT2D eigenvalue weighted by Gasteiger charge is 2.42. The normalized spacial score (nSPS) is 22.1. The van der Waals surface area contributed by atoms with E-state index in [1.54, 1.807) is 26.8 Å². The number of likely N-dealkylation sites (tertiary alicyclic amines) is 1. The van der Waals surface area contributed by atoms with Gasteiger partial charge in [-0.25, -0.2) is 13.6 Å². The smallest absolute Gasteiger partial charge is 0.410 e. The number of ether oxygens (including phenoxy) is 1. The second-order valence-electron chi connectivity index (χ2n) is 6.91. The molecule has 0 aromatic heterocycles. The number of carbonyl (C=O) groups excluding carboxylic acids is 1. The first-order chi connectivity index (χ1) is 11.1. The van der Waals surface area contributed by atoms with Crippen LogP contribution in [0.2, 0.25) is 0 Å². The topological polar surface area (TPSA) is 73.6 Å². The molecule has 1 saturated heterocycles. The fourth-order valence-corrected chi connectivity index (χ4v) is 2.83. The summed E-state index contributed by atoms with van der Waals surface area (Å²) < 4.78 is 32.2. The minimum atomic E-state index is -1.40. The standard InChI is InChI=1S/C17H20F2N2O3/c1-17(2,3)24-16(23)21-9-11(6-14(21)15(22)8-20)10-4-12(18)7-13(19)5-10/h4-5,7,11,14-15,22H,6,9H2,1-3H3. The maximum atomic E-state index is 13.4. The molecule has 5 nitrogen and oxygen atoms in total. The fourth-order valence-electron chi connectivity index (χ4n) is 2.83. The summed E-state index contributed by atoms with van der Waals surface area (Å²) in [5, 5.41) is 18.9. The van der Waals surface area contributed by atoms with Crippen molar-refractivity contribution in [3.8, 4) is 6.07 Å². The van der Waals surface area contributed by atoms with Gasteiger partial charge in [0.05, 0.1) is 12.1 Å². The molecule has 1 aromatic carbocycles. The Labute approximate surface area is 139 Å². The molecule has 1 aliphatic rings. The van der Waals surface area contributed by atoms with Crippen LogP contribution in [0.3, 0.4) is 0 Å². The van der Waals surface area contributed by atoms with Crippen LogP contribution in [-0.2, 0) is 4.74 Å². The molecular weight excluding hydrogens is 318 g/mol. The van der Waals surface area contributed by atoms with E-state index in [1.807, 2.05) is 0 Å². The Hall–Kier alpha value is -2.20. The second kappa shape index (κ2) is 6.73. The number of hydrogen-bond acceptors (Lipinski definition) is 4. The summed E-state index contributed by atoms with van der Waals surface area (Å²) in [4.78, 5) is 13.6. The van der Waals surface area contributed by atoms with E-state index in [-0.39, 0.29) is 13.0 Å². The number of hydrogen-bond donors (Lipinski definition) is 1. The van der Waals surface area contributed by atoms with E-state index in [9.17, 15) is 18.7 Å². The van der Waals surface area contributed by atoms with Crippen molar-refractivity contribution in [3.63, 3.8) is 0 Å². The third-order valence-electron chi connectivity index (χ3n) is 3.82. The minimum absolute atomic E-state index is 0.112. The van der Waals surface area contributed by atoms with Crippen molar-refractivity contribution in [1.29, 1.82) is 5.26 Å². The lowest BCUT2D eigenvalue weighted by Crippen LogP contribution is -2.44. The third-order valence-corrected chi connectivity index (χ3v) is 3.82. The first-order valence-corrected chi connectivity index (χ1v) is 7.64. The van der Waals surface area contributed by atoms with Gasteiger partial charge in [-0.2, -0.15) is 5.26 Å². The van der Waals surface area contributed by atoms with E-state index in [1.165, 1.54) is 17.0 Å². The molecule has 0 radical (unpaired) electrons. The summed E-state index contributed by atoms with van der Waals surface area (Å²) in [5.74, 6) is -1.81. The molecule has 1 fully saturated rings. The zero-order valence-corrected chi connectivity index (χ0v) is 13.8. The number of aliphatic hydroxyl groups excluding tert-OH is 1. The SMILES string of the molecule is CC(C)(C)OC(=O)N1CC(c2cc(F)cc(F)c2)CC1C(O)C#N. The number of carbonyl (C=O) groups is 1. The molecule has 0 saturated carbocycles. The minimum Gasteiger partial charge on any atom is -0.444 e. The third kappa shape index (κ3) is 4.20. The van der Waals surface area contributed by atoms with Gasteiger partial charge in [0.25, 0.3) is 0 Å². The van der Waals surface area contributed by atoms with Crippen LogP contribution in [0.1, 0.15) is 38.7 Å². The van der Waals surface area contributed by atoms with E-state index < -0.39 is 41.4 Å². The van der Waals surface area contributed by atoms with E-state index in [0.29, 0.717) is 5.56 Å². The monoisotopic (exact) mass is 338 g/mol. The van der Waals surface area contributed by atoms with Gasteiger partial charge in [-0.15, -0.1) is 0 Å². The van der Waals surface area contributed by atoms with Crippen LogP contribution in [-0.4, -0.2) is 40.4 Å². The predicted molar refractivity (Wildman–Crippen MR) is 82.1 cm³/mol. The molecule has 2 rings (SSSR count). The van der Waals surface area contributed by atoms with Gasteiger partial charge in [-0.05, 0) is 44.9 Å². The summed E-state index contributed by atoms with van der Waals surface area (Å²) >= 11 is 0. The Kier molecular flexibility index (Phi) is 5.09. The van der Waals surface area contributed by atoms with Crippen molar-refractivity contribution in [3.05, 3.63) is 35.4 Å². The molecular formula is C17H20F2N2O3. The molecule has 0 aliphatic carbocycles. The zero-order valence-electron chi connectivity index (χ0n) is 13.8. The summed E-state index contributed by atoms with van der Waals surface area (Å²) in [6.45, 7) is 5.23. The van der Waals surface area contributed by atoms with Crippen LogP contribution in [0.5, 0.6) is 0 Å². The number of amides is 1. The lowest BCUT2D eigenvalue weighted by molar-refractivity contribution is 0.0121. The molecule has 0 spiro atoms. The van der Waals surface area contributed by atoms with Crippen LogP contribution in [0.15, 0.2) is 18.2 Å². The van der Waals surface area contributed by atoms with Gasteiger partial charge in [0.1, 0.15) is 17.2 Å². The number of benzene rings is 1. The maximum absolute atomic E-state index is 13.4. The lowest BCUT2D eigenvalue weighted by atomic mass is 9.95. The number of nitrogens with zero attached hydrogens (tertiary/aromatic N) is 2.